The molecule has 5 nitrogen and oxygen atoms in total. The molecule has 0 unspecified atom stereocenters. The van der Waals surface area contributed by atoms with Gasteiger partial charge in [-0.05, 0) is 38.7 Å². The Morgan fingerprint density at radius 1 is 1.25 bits per heavy atom. The van der Waals surface area contributed by atoms with Gasteiger partial charge in [0, 0.05) is 24.0 Å². The molecule has 0 atom stereocenters. The molecular weight excluding hydrogens is 394 g/mol. The molecule has 0 amide bonds. The van der Waals surface area contributed by atoms with Gasteiger partial charge in [0.15, 0.2) is 11.7 Å². The first kappa shape index (κ1) is 22.1. The van der Waals surface area contributed by atoms with Crippen LogP contribution >= 0.6 is 11.3 Å². The molecular formula is C18H23F4N5S. The lowest BCUT2D eigenvalue weighted by Crippen LogP contribution is -2.36. The smallest absolute Gasteiger partial charge is 0.357 e. The molecule has 1 aromatic carbocycles. The molecule has 2 aromatic rings. The first-order valence-corrected chi connectivity index (χ1v) is 9.52. The number of aliphatic imine (C=N–C) groups is 1. The van der Waals surface area contributed by atoms with Crippen LogP contribution in [0.25, 0.3) is 0 Å². The molecule has 0 fully saturated rings. The van der Waals surface area contributed by atoms with Crippen molar-refractivity contribution in [2.75, 3.05) is 20.6 Å². The van der Waals surface area contributed by atoms with Gasteiger partial charge in [-0.1, -0.05) is 6.07 Å². The molecule has 2 rings (SSSR count). The quantitative estimate of drug-likeness (QED) is 0.411. The summed E-state index contributed by atoms with van der Waals surface area (Å²) in [6.45, 7) is 3.39. The summed E-state index contributed by atoms with van der Waals surface area (Å²) < 4.78 is 51.8. The Kier molecular flexibility index (Phi) is 7.76. The van der Waals surface area contributed by atoms with Gasteiger partial charge in [-0.15, -0.1) is 11.3 Å². The second kappa shape index (κ2) is 9.83. The van der Waals surface area contributed by atoms with Crippen molar-refractivity contribution in [2.45, 2.75) is 32.7 Å². The number of halogens is 4. The molecule has 0 saturated carbocycles. The van der Waals surface area contributed by atoms with Crippen molar-refractivity contribution in [2.24, 2.45) is 4.99 Å². The molecule has 0 aliphatic carbocycles. The maximum Gasteiger partial charge on any atom is 0.434 e. The topological polar surface area (TPSA) is 52.6 Å². The average molecular weight is 417 g/mol. The third-order valence-electron chi connectivity index (χ3n) is 3.61. The van der Waals surface area contributed by atoms with E-state index in [1.165, 1.54) is 6.07 Å². The molecule has 28 heavy (non-hydrogen) atoms. The Balaban J connectivity index is 2.03. The Hall–Kier alpha value is -2.20. The SMILES string of the molecule is CCNC(=NCc1ccc(F)c(CN(C)C)c1)NCc1nc(C(F)(F)F)cs1. The largest absolute Gasteiger partial charge is 0.434 e. The number of hydrogen-bond donors (Lipinski definition) is 2. The fourth-order valence-electron chi connectivity index (χ4n) is 2.38. The Morgan fingerprint density at radius 3 is 2.61 bits per heavy atom. The summed E-state index contributed by atoms with van der Waals surface area (Å²) in [6, 6.07) is 4.84. The van der Waals surface area contributed by atoms with Gasteiger partial charge >= 0.3 is 6.18 Å². The number of nitrogens with one attached hydrogen (secondary N) is 2. The highest BCUT2D eigenvalue weighted by Crippen LogP contribution is 2.29. The van der Waals surface area contributed by atoms with Crippen molar-refractivity contribution in [1.82, 2.24) is 20.5 Å². The van der Waals surface area contributed by atoms with Crippen molar-refractivity contribution in [3.05, 3.63) is 51.2 Å². The zero-order valence-corrected chi connectivity index (χ0v) is 16.7. The number of rotatable bonds is 7. The molecule has 154 valence electrons. The second-order valence-electron chi connectivity index (χ2n) is 6.34. The molecule has 0 saturated heterocycles. The van der Waals surface area contributed by atoms with Crippen LogP contribution in [-0.4, -0.2) is 36.5 Å². The minimum atomic E-state index is -4.44. The zero-order valence-electron chi connectivity index (χ0n) is 15.9. The van der Waals surface area contributed by atoms with E-state index in [0.29, 0.717) is 36.2 Å². The molecule has 0 bridgehead atoms. The van der Waals surface area contributed by atoms with Crippen LogP contribution in [0.4, 0.5) is 17.6 Å². The Morgan fingerprint density at radius 2 is 2.00 bits per heavy atom. The van der Waals surface area contributed by atoms with E-state index in [1.54, 1.807) is 12.1 Å². The van der Waals surface area contributed by atoms with Crippen molar-refractivity contribution in [1.29, 1.82) is 0 Å². The molecule has 0 aliphatic rings. The van der Waals surface area contributed by atoms with Crippen LogP contribution in [-0.2, 0) is 25.8 Å². The van der Waals surface area contributed by atoms with Crippen molar-refractivity contribution >= 4 is 17.3 Å². The van der Waals surface area contributed by atoms with Crippen molar-refractivity contribution < 1.29 is 17.6 Å². The highest BCUT2D eigenvalue weighted by atomic mass is 32.1. The number of nitrogens with zero attached hydrogens (tertiary/aromatic N) is 3. The number of hydrogen-bond acceptors (Lipinski definition) is 4. The lowest BCUT2D eigenvalue weighted by atomic mass is 10.1. The van der Waals surface area contributed by atoms with Gasteiger partial charge in [-0.3, -0.25) is 0 Å². The maximum atomic E-state index is 13.9. The minimum Gasteiger partial charge on any atom is -0.357 e. The molecule has 10 heteroatoms. The van der Waals surface area contributed by atoms with Gasteiger partial charge in [0.2, 0.25) is 0 Å². The number of guanidine groups is 1. The van der Waals surface area contributed by atoms with Crippen LogP contribution in [0.3, 0.4) is 0 Å². The van der Waals surface area contributed by atoms with Crippen LogP contribution < -0.4 is 10.6 Å². The summed E-state index contributed by atoms with van der Waals surface area (Å²) >= 11 is 0.937. The van der Waals surface area contributed by atoms with Gasteiger partial charge in [0.05, 0.1) is 13.1 Å². The first-order chi connectivity index (χ1) is 13.2. The second-order valence-corrected chi connectivity index (χ2v) is 7.28. The Labute approximate surface area is 165 Å². The van der Waals surface area contributed by atoms with E-state index in [9.17, 15) is 17.6 Å². The maximum absolute atomic E-state index is 13.9. The van der Waals surface area contributed by atoms with Gasteiger partial charge in [-0.25, -0.2) is 14.4 Å². The summed E-state index contributed by atoms with van der Waals surface area (Å²) in [5.74, 6) is 0.181. The van der Waals surface area contributed by atoms with Gasteiger partial charge in [-0.2, -0.15) is 13.2 Å². The Bertz CT molecular complexity index is 802. The number of benzene rings is 1. The highest BCUT2D eigenvalue weighted by Gasteiger charge is 2.33. The lowest BCUT2D eigenvalue weighted by Gasteiger charge is -2.12. The van der Waals surface area contributed by atoms with E-state index in [2.05, 4.69) is 20.6 Å². The standard InChI is InChI=1S/C18H23F4N5S/c1-4-23-17(25-9-16-26-15(11-28-16)18(20,21)22)24-8-12-5-6-14(19)13(7-12)10-27(2)3/h5-7,11H,4,8-10H2,1-3H3,(H2,23,24,25). The third kappa shape index (κ3) is 6.75. The fraction of sp³-hybridized carbons (Fsp3) is 0.444. The minimum absolute atomic E-state index is 0.127. The molecule has 0 aliphatic heterocycles. The lowest BCUT2D eigenvalue weighted by molar-refractivity contribution is -0.140. The van der Waals surface area contributed by atoms with Crippen molar-refractivity contribution in [3.63, 3.8) is 0 Å². The van der Waals surface area contributed by atoms with Crippen LogP contribution in [0.1, 0.15) is 28.8 Å². The van der Waals surface area contributed by atoms with Gasteiger partial charge < -0.3 is 15.5 Å². The van der Waals surface area contributed by atoms with E-state index in [4.69, 9.17) is 0 Å². The molecule has 0 radical (unpaired) electrons. The zero-order chi connectivity index (χ0) is 20.7. The van der Waals surface area contributed by atoms with Gasteiger partial charge in [0.1, 0.15) is 10.8 Å². The summed E-state index contributed by atoms with van der Waals surface area (Å²) in [5.41, 5.74) is 0.526. The fourth-order valence-corrected chi connectivity index (χ4v) is 3.12. The molecule has 1 aromatic heterocycles. The third-order valence-corrected chi connectivity index (χ3v) is 4.46. The monoisotopic (exact) mass is 417 g/mol. The van der Waals surface area contributed by atoms with E-state index in [1.807, 2.05) is 25.9 Å². The van der Waals surface area contributed by atoms with Gasteiger partial charge in [0.25, 0.3) is 0 Å². The molecule has 1 heterocycles. The summed E-state index contributed by atoms with van der Waals surface area (Å²) in [5, 5.41) is 7.30. The van der Waals surface area contributed by atoms with Crippen LogP contribution in [0.15, 0.2) is 28.6 Å². The number of aromatic nitrogens is 1. The van der Waals surface area contributed by atoms with Crippen LogP contribution in [0, 0.1) is 5.82 Å². The van der Waals surface area contributed by atoms with Crippen LogP contribution in [0.2, 0.25) is 0 Å². The predicted octanol–water partition coefficient (Wildman–Crippen LogP) is 3.62. The predicted molar refractivity (Wildman–Crippen MR) is 103 cm³/mol. The van der Waals surface area contributed by atoms with E-state index in [0.717, 1.165) is 22.3 Å². The highest BCUT2D eigenvalue weighted by molar-refractivity contribution is 7.09. The first-order valence-electron chi connectivity index (χ1n) is 8.65. The summed E-state index contributed by atoms with van der Waals surface area (Å²) in [7, 11) is 3.72. The van der Waals surface area contributed by atoms with E-state index < -0.39 is 11.9 Å². The molecule has 2 N–H and O–H groups in total. The average Bonchev–Trinajstić information content (AvgIpc) is 3.09. The summed E-state index contributed by atoms with van der Waals surface area (Å²) in [6.07, 6.45) is -4.44. The van der Waals surface area contributed by atoms with E-state index >= 15 is 0 Å². The normalized spacial score (nSPS) is 12.5. The van der Waals surface area contributed by atoms with E-state index in [-0.39, 0.29) is 12.4 Å². The number of alkyl halides is 3. The van der Waals surface area contributed by atoms with Crippen LogP contribution in [0.5, 0.6) is 0 Å². The number of thiazole rings is 1. The van der Waals surface area contributed by atoms with Crippen molar-refractivity contribution in [3.8, 4) is 0 Å². The summed E-state index contributed by atoms with van der Waals surface area (Å²) in [4.78, 5) is 9.88. The molecule has 0 spiro atoms.